The Hall–Kier alpha value is -0.390. The van der Waals surface area contributed by atoms with Gasteiger partial charge < -0.3 is 9.47 Å². The van der Waals surface area contributed by atoms with Crippen LogP contribution in [0.1, 0.15) is 0 Å². The zero-order valence-electron chi connectivity index (χ0n) is 6.82. The third kappa shape index (κ3) is 2.79. The van der Waals surface area contributed by atoms with E-state index in [1.54, 1.807) is 12.2 Å². The Morgan fingerprint density at radius 3 is 2.00 bits per heavy atom. The average molecular weight is 208 g/mol. The van der Waals surface area contributed by atoms with Crippen molar-refractivity contribution in [2.24, 2.45) is 0 Å². The fourth-order valence-corrected chi connectivity index (χ4v) is 1.16. The highest BCUT2D eigenvalue weighted by Crippen LogP contribution is 2.23. The molecule has 0 bridgehead atoms. The quantitative estimate of drug-likeness (QED) is 0.432. The number of halogens is 2. The summed E-state index contributed by atoms with van der Waals surface area (Å²) >= 11 is 4.10. The average Bonchev–Trinajstić information content (AvgIpc) is 2.11. The summed E-state index contributed by atoms with van der Waals surface area (Å²) in [5.41, 5.74) is 0. The molecule has 74 valence electrons. The van der Waals surface area contributed by atoms with Crippen LogP contribution in [-0.4, -0.2) is 24.8 Å². The van der Waals surface area contributed by atoms with Crippen LogP contribution in [0.5, 0.6) is 0 Å². The largest absolute Gasteiger partial charge is 0.311 e. The van der Waals surface area contributed by atoms with Crippen molar-refractivity contribution in [2.75, 3.05) is 13.7 Å². The number of rotatable bonds is 4. The van der Waals surface area contributed by atoms with Gasteiger partial charge in [-0.05, 0) is 12.2 Å². The molecule has 5 heteroatoms. The molecule has 0 unspecified atom stereocenters. The lowest BCUT2D eigenvalue weighted by Crippen LogP contribution is -2.33. The first-order chi connectivity index (χ1) is 6.22. The van der Waals surface area contributed by atoms with Crippen LogP contribution in [-0.2, 0) is 9.47 Å². The van der Waals surface area contributed by atoms with E-state index in [1.807, 2.05) is 0 Å². The smallest absolute Gasteiger partial charge is 0.213 e. The molecule has 0 aromatic heterocycles. The standard InChI is InChI=1S/C8H10F2O2S/c9-5-11-8(12-6-10)3-1-7(13)2-4-8/h1-4,7,13H,5-6H2. The Morgan fingerprint density at radius 2 is 1.62 bits per heavy atom. The van der Waals surface area contributed by atoms with Gasteiger partial charge in [-0.25, -0.2) is 8.78 Å². The van der Waals surface area contributed by atoms with Crippen LogP contribution in [0, 0.1) is 0 Å². The third-order valence-electron chi connectivity index (χ3n) is 1.61. The Balaban J connectivity index is 2.68. The van der Waals surface area contributed by atoms with Crippen LogP contribution in [0.25, 0.3) is 0 Å². The van der Waals surface area contributed by atoms with E-state index in [9.17, 15) is 8.78 Å². The molecule has 0 aromatic rings. The van der Waals surface area contributed by atoms with E-state index in [2.05, 4.69) is 22.1 Å². The van der Waals surface area contributed by atoms with Gasteiger partial charge in [0.1, 0.15) is 0 Å². The summed E-state index contributed by atoms with van der Waals surface area (Å²) in [5, 5.41) is -0.0699. The van der Waals surface area contributed by atoms with Gasteiger partial charge in [0.05, 0.1) is 0 Å². The van der Waals surface area contributed by atoms with Crippen molar-refractivity contribution in [3.8, 4) is 0 Å². The minimum atomic E-state index is -1.40. The number of hydrogen-bond donors (Lipinski definition) is 1. The van der Waals surface area contributed by atoms with Crippen LogP contribution in [0.3, 0.4) is 0 Å². The summed E-state index contributed by atoms with van der Waals surface area (Å²) in [6, 6.07) is 0. The molecule has 0 heterocycles. The fourth-order valence-electron chi connectivity index (χ4n) is 0.990. The van der Waals surface area contributed by atoms with Gasteiger partial charge >= 0.3 is 0 Å². The molecule has 0 N–H and O–H groups in total. The van der Waals surface area contributed by atoms with Gasteiger partial charge in [0.15, 0.2) is 13.7 Å². The highest BCUT2D eigenvalue weighted by atomic mass is 32.1. The van der Waals surface area contributed by atoms with Crippen molar-refractivity contribution in [2.45, 2.75) is 11.0 Å². The predicted octanol–water partition coefficient (Wildman–Crippen LogP) is 1.99. The van der Waals surface area contributed by atoms with Gasteiger partial charge in [0, 0.05) is 5.25 Å². The molecular weight excluding hydrogens is 198 g/mol. The molecule has 0 aliphatic heterocycles. The minimum absolute atomic E-state index is 0.0699. The highest BCUT2D eigenvalue weighted by molar-refractivity contribution is 7.81. The lowest BCUT2D eigenvalue weighted by molar-refractivity contribution is -0.208. The first-order valence-electron chi connectivity index (χ1n) is 3.69. The van der Waals surface area contributed by atoms with Crippen LogP contribution < -0.4 is 0 Å². The van der Waals surface area contributed by atoms with E-state index in [4.69, 9.17) is 0 Å². The van der Waals surface area contributed by atoms with E-state index in [0.717, 1.165) is 0 Å². The fraction of sp³-hybridized carbons (Fsp3) is 0.500. The van der Waals surface area contributed by atoms with E-state index in [0.29, 0.717) is 0 Å². The maximum absolute atomic E-state index is 11.9. The first kappa shape index (κ1) is 10.7. The Morgan fingerprint density at radius 1 is 1.15 bits per heavy atom. The van der Waals surface area contributed by atoms with Gasteiger partial charge in [-0.3, -0.25) is 0 Å². The predicted molar refractivity (Wildman–Crippen MR) is 47.9 cm³/mol. The first-order valence-corrected chi connectivity index (χ1v) is 4.21. The summed E-state index contributed by atoms with van der Waals surface area (Å²) in [6.45, 7) is -2.07. The minimum Gasteiger partial charge on any atom is -0.311 e. The van der Waals surface area contributed by atoms with Crippen LogP contribution in [0.2, 0.25) is 0 Å². The van der Waals surface area contributed by atoms with Crippen molar-refractivity contribution in [1.82, 2.24) is 0 Å². The second-order valence-electron chi connectivity index (χ2n) is 2.44. The summed E-state index contributed by atoms with van der Waals surface area (Å²) < 4.78 is 33.1. The molecule has 2 nitrogen and oxygen atoms in total. The lowest BCUT2D eigenvalue weighted by atomic mass is 10.1. The molecule has 0 radical (unpaired) electrons. The summed E-state index contributed by atoms with van der Waals surface area (Å²) in [5.74, 6) is -1.40. The topological polar surface area (TPSA) is 18.5 Å². The van der Waals surface area contributed by atoms with Gasteiger partial charge in [-0.15, -0.1) is 0 Å². The SMILES string of the molecule is FCOC1(OCF)C=CC(S)C=C1. The lowest BCUT2D eigenvalue weighted by Gasteiger charge is -2.27. The third-order valence-corrected chi connectivity index (χ3v) is 1.96. The molecule has 13 heavy (non-hydrogen) atoms. The zero-order chi connectivity index (χ0) is 9.73. The van der Waals surface area contributed by atoms with Crippen molar-refractivity contribution >= 4 is 12.6 Å². The molecule has 0 spiro atoms. The molecule has 0 atom stereocenters. The number of ether oxygens (including phenoxy) is 2. The Bertz CT molecular complexity index is 196. The molecule has 0 saturated carbocycles. The van der Waals surface area contributed by atoms with Crippen LogP contribution in [0.4, 0.5) is 8.78 Å². The molecular formula is C8H10F2O2S. The summed E-state index contributed by atoms with van der Waals surface area (Å²) in [7, 11) is 0. The Kier molecular flexibility index (Phi) is 3.90. The van der Waals surface area contributed by atoms with Gasteiger partial charge in [0.2, 0.25) is 5.79 Å². The molecule has 1 aliphatic rings. The van der Waals surface area contributed by atoms with Gasteiger partial charge in [-0.1, -0.05) is 12.2 Å². The monoisotopic (exact) mass is 208 g/mol. The molecule has 0 fully saturated rings. The number of alkyl halides is 2. The highest BCUT2D eigenvalue weighted by Gasteiger charge is 2.28. The number of hydrogen-bond acceptors (Lipinski definition) is 3. The van der Waals surface area contributed by atoms with E-state index >= 15 is 0 Å². The maximum atomic E-state index is 11.9. The maximum Gasteiger partial charge on any atom is 0.213 e. The van der Waals surface area contributed by atoms with Crippen LogP contribution >= 0.6 is 12.6 Å². The summed E-state index contributed by atoms with van der Waals surface area (Å²) in [6.07, 6.45) is 6.14. The normalized spacial score (nSPS) is 20.8. The number of thiol groups is 1. The van der Waals surface area contributed by atoms with Crippen molar-refractivity contribution < 1.29 is 18.3 Å². The second kappa shape index (κ2) is 4.74. The van der Waals surface area contributed by atoms with Crippen molar-refractivity contribution in [1.29, 1.82) is 0 Å². The summed E-state index contributed by atoms with van der Waals surface area (Å²) in [4.78, 5) is 0. The molecule has 0 saturated heterocycles. The van der Waals surface area contributed by atoms with Crippen molar-refractivity contribution in [3.05, 3.63) is 24.3 Å². The van der Waals surface area contributed by atoms with E-state index < -0.39 is 19.5 Å². The molecule has 0 aromatic carbocycles. The Labute approximate surface area is 80.6 Å². The zero-order valence-corrected chi connectivity index (χ0v) is 7.72. The van der Waals surface area contributed by atoms with Crippen LogP contribution in [0.15, 0.2) is 24.3 Å². The van der Waals surface area contributed by atoms with E-state index in [1.165, 1.54) is 12.2 Å². The van der Waals surface area contributed by atoms with Crippen molar-refractivity contribution in [3.63, 3.8) is 0 Å². The van der Waals surface area contributed by atoms with E-state index in [-0.39, 0.29) is 5.25 Å². The molecule has 0 amide bonds. The molecule has 1 aliphatic carbocycles. The van der Waals surface area contributed by atoms with Gasteiger partial charge in [0.25, 0.3) is 0 Å². The second-order valence-corrected chi connectivity index (χ2v) is 3.03. The molecule has 1 rings (SSSR count). The van der Waals surface area contributed by atoms with Gasteiger partial charge in [-0.2, -0.15) is 12.6 Å².